The van der Waals surface area contributed by atoms with Crippen molar-refractivity contribution < 1.29 is 18.3 Å². The van der Waals surface area contributed by atoms with Crippen molar-refractivity contribution in [3.8, 4) is 5.75 Å². The Balaban J connectivity index is 2.27. The number of nitrogens with one attached hydrogen (secondary N) is 2. The second kappa shape index (κ2) is 6.71. The zero-order valence-electron chi connectivity index (χ0n) is 11.2. The Morgan fingerprint density at radius 3 is 2.57 bits per heavy atom. The number of nitrogens with two attached hydrogens (primary N) is 1. The highest BCUT2D eigenvalue weighted by Crippen LogP contribution is 2.34. The number of carbonyl (C=O) groups excluding carboxylic acids is 1. The largest absolute Gasteiger partial charge is 0.503 e. The van der Waals surface area contributed by atoms with Crippen LogP contribution in [0, 0.1) is 0 Å². The van der Waals surface area contributed by atoms with Gasteiger partial charge in [-0.05, 0) is 28.1 Å². The molecule has 0 bridgehead atoms. The summed E-state index contributed by atoms with van der Waals surface area (Å²) in [5.41, 5.74) is 0.463. The van der Waals surface area contributed by atoms with Crippen LogP contribution in [0.4, 0.5) is 16.3 Å². The van der Waals surface area contributed by atoms with Crippen LogP contribution in [-0.4, -0.2) is 24.5 Å². The third-order valence-electron chi connectivity index (χ3n) is 2.60. The number of pyridine rings is 1. The summed E-state index contributed by atoms with van der Waals surface area (Å²) in [6.45, 7) is 0. The molecule has 5 N–H and O–H groups in total. The number of primary sulfonamides is 1. The lowest BCUT2D eigenvalue weighted by atomic mass is 10.3. The van der Waals surface area contributed by atoms with Crippen LogP contribution in [0.2, 0.25) is 5.02 Å². The molecule has 2 amide bonds. The van der Waals surface area contributed by atoms with Gasteiger partial charge in [-0.2, -0.15) is 0 Å². The highest BCUT2D eigenvalue weighted by molar-refractivity contribution is 9.10. The Labute approximate surface area is 144 Å². The number of benzene rings is 1. The van der Waals surface area contributed by atoms with E-state index < -0.39 is 32.5 Å². The van der Waals surface area contributed by atoms with Gasteiger partial charge in [0.15, 0.2) is 11.6 Å². The molecule has 0 saturated heterocycles. The minimum atomic E-state index is -4.29. The van der Waals surface area contributed by atoms with Crippen LogP contribution in [0.1, 0.15) is 0 Å². The molecule has 0 saturated carbocycles. The van der Waals surface area contributed by atoms with Crippen molar-refractivity contribution in [2.45, 2.75) is 4.90 Å². The predicted molar refractivity (Wildman–Crippen MR) is 89.1 cm³/mol. The van der Waals surface area contributed by atoms with Gasteiger partial charge in [-0.1, -0.05) is 23.7 Å². The summed E-state index contributed by atoms with van der Waals surface area (Å²) in [7, 11) is -4.29. The van der Waals surface area contributed by atoms with Gasteiger partial charge in [-0.15, -0.1) is 0 Å². The summed E-state index contributed by atoms with van der Waals surface area (Å²) in [5, 5.41) is 19.2. The van der Waals surface area contributed by atoms with Gasteiger partial charge in [0.05, 0.1) is 10.7 Å². The molecule has 0 unspecified atom stereocenters. The van der Waals surface area contributed by atoms with Crippen molar-refractivity contribution in [3.63, 3.8) is 0 Å². The third kappa shape index (κ3) is 4.10. The van der Waals surface area contributed by atoms with Gasteiger partial charge < -0.3 is 10.4 Å². The van der Waals surface area contributed by atoms with Crippen molar-refractivity contribution in [1.82, 2.24) is 4.98 Å². The summed E-state index contributed by atoms with van der Waals surface area (Å²) in [6, 6.07) is 6.07. The molecule has 2 aromatic rings. The summed E-state index contributed by atoms with van der Waals surface area (Å²) >= 11 is 8.91. The fourth-order valence-electron chi connectivity index (χ4n) is 1.65. The van der Waals surface area contributed by atoms with E-state index in [1.807, 2.05) is 0 Å². The van der Waals surface area contributed by atoms with Crippen LogP contribution in [0.25, 0.3) is 0 Å². The second-order valence-electron chi connectivity index (χ2n) is 4.24. The number of para-hydroxylation sites is 1. The van der Waals surface area contributed by atoms with Gasteiger partial charge in [0.2, 0.25) is 10.0 Å². The Morgan fingerprint density at radius 2 is 1.96 bits per heavy atom. The molecule has 1 heterocycles. The van der Waals surface area contributed by atoms with Crippen LogP contribution in [-0.2, 0) is 10.0 Å². The Bertz CT molecular complexity index is 875. The first kappa shape index (κ1) is 17.5. The number of anilines is 2. The molecule has 2 rings (SSSR count). The first-order chi connectivity index (χ1) is 10.7. The van der Waals surface area contributed by atoms with Gasteiger partial charge >= 0.3 is 6.03 Å². The van der Waals surface area contributed by atoms with Gasteiger partial charge in [-0.25, -0.2) is 23.3 Å². The molecular weight excluding hydrogens is 412 g/mol. The molecule has 0 spiro atoms. The molecule has 0 aliphatic rings. The lowest BCUT2D eigenvalue weighted by Gasteiger charge is -2.11. The number of carbonyl (C=O) groups is 1. The van der Waals surface area contributed by atoms with Crippen molar-refractivity contribution in [1.29, 1.82) is 0 Å². The van der Waals surface area contributed by atoms with Crippen LogP contribution >= 0.6 is 27.5 Å². The van der Waals surface area contributed by atoms with Gasteiger partial charge in [-0.3, -0.25) is 5.32 Å². The number of rotatable bonds is 3. The Kier molecular flexibility index (Phi) is 5.09. The minimum absolute atomic E-state index is 0.359. The number of amides is 2. The third-order valence-corrected chi connectivity index (χ3v) is 4.67. The van der Waals surface area contributed by atoms with Crippen LogP contribution in [0.3, 0.4) is 0 Å². The minimum Gasteiger partial charge on any atom is -0.503 e. The normalized spacial score (nSPS) is 11.1. The molecule has 23 heavy (non-hydrogen) atoms. The average Bonchev–Trinajstić information content (AvgIpc) is 2.43. The number of halogens is 2. The lowest BCUT2D eigenvalue weighted by molar-refractivity contribution is 0.262. The summed E-state index contributed by atoms with van der Waals surface area (Å²) in [4.78, 5) is 14.9. The first-order valence-corrected chi connectivity index (χ1v) is 8.64. The van der Waals surface area contributed by atoms with Crippen molar-refractivity contribution in [2.24, 2.45) is 5.14 Å². The maximum Gasteiger partial charge on any atom is 0.324 e. The zero-order valence-corrected chi connectivity index (χ0v) is 14.4. The smallest absolute Gasteiger partial charge is 0.324 e. The number of hydrogen-bond donors (Lipinski definition) is 4. The number of nitrogens with zero attached hydrogens (tertiary/aromatic N) is 1. The highest BCUT2D eigenvalue weighted by Gasteiger charge is 2.23. The van der Waals surface area contributed by atoms with E-state index in [4.69, 9.17) is 16.7 Å². The van der Waals surface area contributed by atoms with Crippen LogP contribution < -0.4 is 15.8 Å². The fraction of sp³-hybridized carbons (Fsp3) is 0. The molecule has 0 fully saturated rings. The molecule has 1 aromatic heterocycles. The Morgan fingerprint density at radius 1 is 1.30 bits per heavy atom. The molecular formula is C12H10BrClN4O4S. The zero-order chi connectivity index (χ0) is 17.2. The van der Waals surface area contributed by atoms with E-state index in [0.29, 0.717) is 10.2 Å². The highest BCUT2D eigenvalue weighted by atomic mass is 79.9. The van der Waals surface area contributed by atoms with E-state index in [1.54, 1.807) is 24.3 Å². The topological polar surface area (TPSA) is 134 Å². The lowest BCUT2D eigenvalue weighted by Crippen LogP contribution is -2.21. The molecule has 11 heteroatoms. The van der Waals surface area contributed by atoms with Crippen LogP contribution in [0.5, 0.6) is 5.75 Å². The first-order valence-electron chi connectivity index (χ1n) is 5.93. The van der Waals surface area contributed by atoms with Crippen LogP contribution in [0.15, 0.2) is 39.8 Å². The molecule has 8 nitrogen and oxygen atoms in total. The van der Waals surface area contributed by atoms with E-state index in [9.17, 15) is 18.3 Å². The van der Waals surface area contributed by atoms with E-state index in [0.717, 1.165) is 6.20 Å². The number of aromatic hydroxyl groups is 1. The second-order valence-corrected chi connectivity index (χ2v) is 7.00. The SMILES string of the molecule is NS(=O)(=O)c1c(Cl)cnc(NC(=O)Nc2ccccc2Br)c1O. The molecule has 0 atom stereocenters. The Hall–Kier alpha value is -1.88. The molecule has 0 aliphatic carbocycles. The van der Waals surface area contributed by atoms with E-state index in [1.165, 1.54) is 0 Å². The summed E-state index contributed by atoms with van der Waals surface area (Å²) in [6.07, 6.45) is 0.953. The van der Waals surface area contributed by atoms with E-state index >= 15 is 0 Å². The predicted octanol–water partition coefficient (Wildman–Crippen LogP) is 2.49. The number of sulfonamides is 1. The maximum absolute atomic E-state index is 11.9. The molecule has 0 aliphatic heterocycles. The molecule has 1 aromatic carbocycles. The van der Waals surface area contributed by atoms with E-state index in [-0.39, 0.29) is 5.02 Å². The van der Waals surface area contributed by atoms with Gasteiger partial charge in [0, 0.05) is 10.7 Å². The standard InChI is InChI=1S/C12H10BrClN4O4S/c13-6-3-1-2-4-8(6)17-12(20)18-11-9(19)10(23(15,21)22)7(14)5-16-11/h1-5,19H,(H2,15,21,22)(H2,16,17,18,20). The van der Waals surface area contributed by atoms with Crippen molar-refractivity contribution in [2.75, 3.05) is 10.6 Å². The summed E-state index contributed by atoms with van der Waals surface area (Å²) < 4.78 is 23.5. The van der Waals surface area contributed by atoms with Crippen molar-refractivity contribution in [3.05, 3.63) is 40.0 Å². The van der Waals surface area contributed by atoms with Gasteiger partial charge in [0.1, 0.15) is 4.90 Å². The number of hydrogen-bond acceptors (Lipinski definition) is 5. The maximum atomic E-state index is 11.9. The average molecular weight is 422 g/mol. The molecule has 0 radical (unpaired) electrons. The molecule has 122 valence electrons. The fourth-order valence-corrected chi connectivity index (χ4v) is 3.18. The number of aromatic nitrogens is 1. The van der Waals surface area contributed by atoms with Crippen molar-refractivity contribution >= 4 is 55.1 Å². The van der Waals surface area contributed by atoms with Gasteiger partial charge in [0.25, 0.3) is 0 Å². The number of urea groups is 1. The quantitative estimate of drug-likeness (QED) is 0.604. The monoisotopic (exact) mass is 420 g/mol. The summed E-state index contributed by atoms with van der Waals surface area (Å²) in [5.74, 6) is -1.25. The van der Waals surface area contributed by atoms with E-state index in [2.05, 4.69) is 31.5 Å².